The van der Waals surface area contributed by atoms with Gasteiger partial charge in [-0.2, -0.15) is 0 Å². The van der Waals surface area contributed by atoms with Crippen molar-refractivity contribution in [2.75, 3.05) is 17.2 Å². The molecule has 0 aliphatic carbocycles. The van der Waals surface area contributed by atoms with Gasteiger partial charge in [-0.15, -0.1) is 0 Å². The van der Waals surface area contributed by atoms with Gasteiger partial charge in [0.25, 0.3) is 5.91 Å². The zero-order chi connectivity index (χ0) is 26.7. The van der Waals surface area contributed by atoms with E-state index in [9.17, 15) is 14.4 Å². The number of Topliss-reactive ketones (excluding diaryl/α,β-unsaturated/α-hetero) is 1. The Labute approximate surface area is 221 Å². The monoisotopic (exact) mass is 516 g/mol. The lowest BCUT2D eigenvalue weighted by molar-refractivity contribution is -0.128. The number of hydrogen-bond donors (Lipinski definition) is 2. The topological polar surface area (TPSA) is 90.9 Å². The molecule has 0 bridgehead atoms. The second-order valence-corrected chi connectivity index (χ2v) is 10.4. The number of rotatable bonds is 5. The molecule has 3 amide bonds. The van der Waals surface area contributed by atoms with Crippen molar-refractivity contribution in [3.05, 3.63) is 94.5 Å². The van der Waals surface area contributed by atoms with Gasteiger partial charge in [-0.3, -0.25) is 14.5 Å². The largest absolute Gasteiger partial charge is 0.324 e. The normalized spacial score (nSPS) is 15.1. The summed E-state index contributed by atoms with van der Waals surface area (Å²) in [5.74, 6) is -0.744. The van der Waals surface area contributed by atoms with Crippen LogP contribution in [0.4, 0.5) is 16.2 Å². The summed E-state index contributed by atoms with van der Waals surface area (Å²) in [7, 11) is 0. The highest BCUT2D eigenvalue weighted by atomic mass is 35.5. The number of para-hydroxylation sites is 1. The van der Waals surface area contributed by atoms with Crippen LogP contribution in [0.5, 0.6) is 0 Å². The molecule has 3 aromatic rings. The van der Waals surface area contributed by atoms with Crippen LogP contribution in [0.3, 0.4) is 0 Å². The van der Waals surface area contributed by atoms with Crippen LogP contribution in [0.2, 0.25) is 5.02 Å². The number of amides is 3. The first-order valence-electron chi connectivity index (χ1n) is 11.9. The Morgan fingerprint density at radius 2 is 1.68 bits per heavy atom. The van der Waals surface area contributed by atoms with Crippen molar-refractivity contribution in [2.24, 2.45) is 10.4 Å². The van der Waals surface area contributed by atoms with Gasteiger partial charge >= 0.3 is 6.03 Å². The lowest BCUT2D eigenvalue weighted by Crippen LogP contribution is -2.51. The van der Waals surface area contributed by atoms with E-state index in [4.69, 9.17) is 16.6 Å². The van der Waals surface area contributed by atoms with Gasteiger partial charge in [0, 0.05) is 27.3 Å². The van der Waals surface area contributed by atoms with Gasteiger partial charge in [-0.25, -0.2) is 9.79 Å². The van der Waals surface area contributed by atoms with Gasteiger partial charge in [0.2, 0.25) is 6.17 Å². The van der Waals surface area contributed by atoms with Gasteiger partial charge in [0.1, 0.15) is 0 Å². The molecular formula is C29H29ClN4O3. The van der Waals surface area contributed by atoms with Crippen molar-refractivity contribution < 1.29 is 14.4 Å². The minimum absolute atomic E-state index is 0.212. The molecule has 0 radical (unpaired) electrons. The van der Waals surface area contributed by atoms with Crippen molar-refractivity contribution in [3.8, 4) is 0 Å². The first kappa shape index (κ1) is 26.1. The van der Waals surface area contributed by atoms with Crippen LogP contribution >= 0.6 is 11.6 Å². The molecule has 1 heterocycles. The highest BCUT2D eigenvalue weighted by Gasteiger charge is 2.37. The summed E-state index contributed by atoms with van der Waals surface area (Å²) in [6.45, 7) is 6.91. The second-order valence-electron chi connectivity index (χ2n) is 9.97. The van der Waals surface area contributed by atoms with Crippen molar-refractivity contribution >= 4 is 46.4 Å². The Kier molecular flexibility index (Phi) is 7.45. The molecular weight excluding hydrogens is 488 g/mol. The number of nitrogens with zero attached hydrogens (tertiary/aromatic N) is 2. The second kappa shape index (κ2) is 10.6. The Balaban J connectivity index is 1.83. The number of hydrogen-bond acceptors (Lipinski definition) is 4. The maximum Gasteiger partial charge on any atom is 0.324 e. The Morgan fingerprint density at radius 1 is 1.00 bits per heavy atom. The molecule has 37 heavy (non-hydrogen) atoms. The molecule has 190 valence electrons. The van der Waals surface area contributed by atoms with Gasteiger partial charge < -0.3 is 10.6 Å². The van der Waals surface area contributed by atoms with Crippen LogP contribution in [0, 0.1) is 12.3 Å². The van der Waals surface area contributed by atoms with Crippen LogP contribution in [0.25, 0.3) is 0 Å². The number of aliphatic imine (C=N–C) groups is 1. The predicted molar refractivity (Wildman–Crippen MR) is 147 cm³/mol. The van der Waals surface area contributed by atoms with E-state index in [1.807, 2.05) is 49.4 Å². The molecule has 2 N–H and O–H groups in total. The number of ketones is 1. The van der Waals surface area contributed by atoms with Crippen molar-refractivity contribution in [1.29, 1.82) is 0 Å². The molecule has 8 heteroatoms. The first-order valence-corrected chi connectivity index (χ1v) is 12.3. The highest BCUT2D eigenvalue weighted by Crippen LogP contribution is 2.29. The molecule has 0 fully saturated rings. The van der Waals surface area contributed by atoms with Crippen LogP contribution in [-0.2, 0) is 9.59 Å². The molecule has 1 unspecified atom stereocenters. The zero-order valence-electron chi connectivity index (χ0n) is 21.2. The summed E-state index contributed by atoms with van der Waals surface area (Å²) < 4.78 is 0. The van der Waals surface area contributed by atoms with Gasteiger partial charge in [0.15, 0.2) is 5.78 Å². The molecule has 0 saturated heterocycles. The van der Waals surface area contributed by atoms with Gasteiger partial charge in [0.05, 0.1) is 17.9 Å². The minimum Gasteiger partial charge on any atom is -0.322 e. The van der Waals surface area contributed by atoms with Crippen LogP contribution < -0.4 is 10.6 Å². The average Bonchev–Trinajstić information content (AvgIpc) is 2.98. The number of anilines is 2. The summed E-state index contributed by atoms with van der Waals surface area (Å²) in [4.78, 5) is 46.2. The maximum absolute atomic E-state index is 13.6. The van der Waals surface area contributed by atoms with E-state index in [1.165, 1.54) is 4.90 Å². The van der Waals surface area contributed by atoms with Crippen LogP contribution in [-0.4, -0.2) is 41.0 Å². The Morgan fingerprint density at radius 3 is 2.35 bits per heavy atom. The standard InChI is InChI=1S/C29H29ClN4O3/c1-18-10-9-11-19(16-18)31-28(37)34(17-24(35)29(2,3)4)26-27(36)32-23-15-8-6-13-21(23)25(33-26)20-12-5-7-14-22(20)30/h5-16,26H,17H2,1-4H3,(H,31,37)(H,32,36). The van der Waals surface area contributed by atoms with E-state index in [1.54, 1.807) is 51.1 Å². The maximum atomic E-state index is 13.6. The fourth-order valence-electron chi connectivity index (χ4n) is 3.90. The third-order valence-corrected chi connectivity index (χ3v) is 6.36. The fourth-order valence-corrected chi connectivity index (χ4v) is 4.13. The van der Waals surface area contributed by atoms with E-state index < -0.39 is 23.5 Å². The SMILES string of the molecule is Cc1cccc(NC(=O)N(CC(=O)C(C)(C)C)C2N=C(c3ccccc3Cl)c3ccccc3NC2=O)c1. The van der Waals surface area contributed by atoms with E-state index in [0.717, 1.165) is 5.56 Å². The Hall–Kier alpha value is -3.97. The number of fused-ring (bicyclic) bond motifs is 1. The van der Waals surface area contributed by atoms with E-state index in [2.05, 4.69) is 10.6 Å². The number of benzodiazepines with no additional fused rings is 1. The minimum atomic E-state index is -1.32. The van der Waals surface area contributed by atoms with E-state index >= 15 is 0 Å². The number of aryl methyl sites for hydroxylation is 1. The molecule has 4 rings (SSSR count). The van der Waals surface area contributed by atoms with Crippen molar-refractivity contribution in [1.82, 2.24) is 4.90 Å². The summed E-state index contributed by atoms with van der Waals surface area (Å²) in [6, 6.07) is 21.1. The molecule has 0 aromatic heterocycles. The number of urea groups is 1. The van der Waals surface area contributed by atoms with Gasteiger partial charge in [-0.1, -0.05) is 80.9 Å². The Bertz CT molecular complexity index is 1390. The summed E-state index contributed by atoms with van der Waals surface area (Å²) in [5, 5.41) is 6.16. The molecule has 3 aromatic carbocycles. The van der Waals surface area contributed by atoms with Crippen molar-refractivity contribution in [3.63, 3.8) is 0 Å². The van der Waals surface area contributed by atoms with Crippen LogP contribution in [0.15, 0.2) is 77.8 Å². The number of nitrogens with one attached hydrogen (secondary N) is 2. The lowest BCUT2D eigenvalue weighted by atomic mass is 9.90. The first-order chi connectivity index (χ1) is 17.5. The van der Waals surface area contributed by atoms with Crippen LogP contribution in [0.1, 0.15) is 37.5 Å². The number of halogens is 1. The number of carbonyl (C=O) groups excluding carboxylic acids is 3. The zero-order valence-corrected chi connectivity index (χ0v) is 22.0. The summed E-state index contributed by atoms with van der Waals surface area (Å²) in [6.07, 6.45) is -1.32. The number of benzene rings is 3. The molecule has 1 atom stereocenters. The number of carbonyl (C=O) groups is 3. The quantitative estimate of drug-likeness (QED) is 0.441. The molecule has 7 nitrogen and oxygen atoms in total. The summed E-state index contributed by atoms with van der Waals surface area (Å²) >= 11 is 6.54. The average molecular weight is 517 g/mol. The molecule has 0 saturated carbocycles. The smallest absolute Gasteiger partial charge is 0.322 e. The van der Waals surface area contributed by atoms with E-state index in [0.29, 0.717) is 33.2 Å². The van der Waals surface area contributed by atoms with Gasteiger partial charge in [-0.05, 0) is 36.8 Å². The van der Waals surface area contributed by atoms with Crippen molar-refractivity contribution in [2.45, 2.75) is 33.9 Å². The molecule has 1 aliphatic rings. The third-order valence-electron chi connectivity index (χ3n) is 6.03. The summed E-state index contributed by atoms with van der Waals surface area (Å²) in [5.41, 5.74) is 3.02. The highest BCUT2D eigenvalue weighted by molar-refractivity contribution is 6.36. The predicted octanol–water partition coefficient (Wildman–Crippen LogP) is 5.91. The fraction of sp³-hybridized carbons (Fsp3) is 0.241. The lowest BCUT2D eigenvalue weighted by Gasteiger charge is -2.30. The molecule has 0 spiro atoms. The molecule has 1 aliphatic heterocycles. The third kappa shape index (κ3) is 5.89. The van der Waals surface area contributed by atoms with E-state index in [-0.39, 0.29) is 12.3 Å².